The van der Waals surface area contributed by atoms with E-state index in [9.17, 15) is 0 Å². The smallest absolute Gasteiger partial charge is 0.135 e. The van der Waals surface area contributed by atoms with Crippen molar-refractivity contribution in [1.29, 1.82) is 0 Å². The van der Waals surface area contributed by atoms with Gasteiger partial charge in [0.05, 0.1) is 19.8 Å². The van der Waals surface area contributed by atoms with Crippen molar-refractivity contribution in [2.75, 3.05) is 14.2 Å². The highest BCUT2D eigenvalue weighted by atomic mass is 16.5. The fraction of sp³-hybridized carbons (Fsp3) is 0.273. The minimum absolute atomic E-state index is 0.709. The molecule has 0 N–H and O–H groups in total. The van der Waals surface area contributed by atoms with Crippen LogP contribution in [0.3, 0.4) is 0 Å². The largest absolute Gasteiger partial charge is 0.496 e. The van der Waals surface area contributed by atoms with E-state index in [0.29, 0.717) is 11.3 Å². The molecule has 0 aromatic heterocycles. The van der Waals surface area contributed by atoms with Gasteiger partial charge in [0.15, 0.2) is 0 Å². The second kappa shape index (κ2) is 3.86. The highest BCUT2D eigenvalue weighted by Crippen LogP contribution is 2.27. The van der Waals surface area contributed by atoms with Crippen molar-refractivity contribution in [2.24, 2.45) is 0 Å². The molecule has 0 spiro atoms. The average molecular weight is 176 g/mol. The molecule has 0 bridgehead atoms. The Kier molecular flexibility index (Phi) is 2.81. The monoisotopic (exact) mass is 176 g/mol. The summed E-state index contributed by atoms with van der Waals surface area (Å²) < 4.78 is 10.3. The van der Waals surface area contributed by atoms with Crippen molar-refractivity contribution < 1.29 is 9.47 Å². The summed E-state index contributed by atoms with van der Waals surface area (Å²) in [6, 6.07) is 3.67. The Morgan fingerprint density at radius 1 is 1.15 bits per heavy atom. The molecule has 0 heterocycles. The number of hydrogen-bond acceptors (Lipinski definition) is 2. The molecule has 0 atom stereocenters. The normalized spacial score (nSPS) is 9.08. The molecule has 13 heavy (non-hydrogen) atoms. The van der Waals surface area contributed by atoms with Gasteiger partial charge >= 0.3 is 0 Å². The highest BCUT2D eigenvalue weighted by molar-refractivity contribution is 5.52. The zero-order valence-electron chi connectivity index (χ0n) is 8.05. The lowest BCUT2D eigenvalue weighted by Gasteiger charge is -2.08. The summed E-state index contributed by atoms with van der Waals surface area (Å²) in [5.41, 5.74) is 1.73. The van der Waals surface area contributed by atoms with Crippen LogP contribution in [0.1, 0.15) is 11.1 Å². The van der Waals surface area contributed by atoms with Crippen LogP contribution < -0.4 is 9.47 Å². The maximum atomic E-state index is 5.31. The second-order valence-electron chi connectivity index (χ2n) is 2.67. The van der Waals surface area contributed by atoms with Crippen molar-refractivity contribution in [2.45, 2.75) is 6.92 Å². The molecule has 0 aliphatic rings. The Bertz CT molecular complexity index is 348. The number of benzene rings is 1. The number of rotatable bonds is 2. The quantitative estimate of drug-likeness (QED) is 0.641. The van der Waals surface area contributed by atoms with Crippen LogP contribution in [0.15, 0.2) is 12.1 Å². The number of terminal acetylenes is 1. The summed E-state index contributed by atoms with van der Waals surface area (Å²) in [6.07, 6.45) is 5.31. The Morgan fingerprint density at radius 2 is 1.77 bits per heavy atom. The Hall–Kier alpha value is -1.62. The van der Waals surface area contributed by atoms with Crippen LogP contribution in [-0.4, -0.2) is 14.2 Å². The van der Waals surface area contributed by atoms with Gasteiger partial charge in [0.1, 0.15) is 11.5 Å². The Balaban J connectivity index is 3.28. The van der Waals surface area contributed by atoms with Gasteiger partial charge in [-0.1, -0.05) is 5.92 Å². The van der Waals surface area contributed by atoms with Crippen LogP contribution >= 0.6 is 0 Å². The van der Waals surface area contributed by atoms with Gasteiger partial charge in [-0.2, -0.15) is 0 Å². The molecule has 2 heteroatoms. The van der Waals surface area contributed by atoms with E-state index in [-0.39, 0.29) is 0 Å². The molecule has 1 aromatic rings. The number of ether oxygens (including phenoxy) is 2. The molecule has 0 aliphatic heterocycles. The molecule has 0 amide bonds. The standard InChI is InChI=1S/C11H12O2/c1-5-9-7-10(12-3)8(2)6-11(9)13-4/h1,6-7H,2-4H3. The van der Waals surface area contributed by atoms with Gasteiger partial charge < -0.3 is 9.47 Å². The summed E-state index contributed by atoms with van der Waals surface area (Å²) in [4.78, 5) is 0. The highest BCUT2D eigenvalue weighted by Gasteiger charge is 2.05. The van der Waals surface area contributed by atoms with Crippen LogP contribution in [0.2, 0.25) is 0 Å². The molecular formula is C11H12O2. The lowest BCUT2D eigenvalue weighted by atomic mass is 10.1. The number of hydrogen-bond donors (Lipinski definition) is 0. The first kappa shape index (κ1) is 9.47. The van der Waals surface area contributed by atoms with E-state index < -0.39 is 0 Å². The molecule has 0 fully saturated rings. The average Bonchev–Trinajstić information content (AvgIpc) is 2.17. The fourth-order valence-electron chi connectivity index (χ4n) is 1.16. The van der Waals surface area contributed by atoms with E-state index in [1.54, 1.807) is 20.3 Å². The molecule has 2 nitrogen and oxygen atoms in total. The SMILES string of the molecule is C#Cc1cc(OC)c(C)cc1OC. The Morgan fingerprint density at radius 3 is 2.23 bits per heavy atom. The zero-order chi connectivity index (χ0) is 9.84. The van der Waals surface area contributed by atoms with E-state index in [4.69, 9.17) is 15.9 Å². The summed E-state index contributed by atoms with van der Waals surface area (Å²) >= 11 is 0. The maximum Gasteiger partial charge on any atom is 0.135 e. The third-order valence-electron chi connectivity index (χ3n) is 1.87. The lowest BCUT2D eigenvalue weighted by molar-refractivity contribution is 0.399. The summed E-state index contributed by atoms with van der Waals surface area (Å²) in [7, 11) is 3.22. The van der Waals surface area contributed by atoms with Crippen molar-refractivity contribution in [3.63, 3.8) is 0 Å². The van der Waals surface area contributed by atoms with Gasteiger partial charge in [-0.3, -0.25) is 0 Å². The molecule has 0 radical (unpaired) electrons. The van der Waals surface area contributed by atoms with Crippen LogP contribution in [0.5, 0.6) is 11.5 Å². The van der Waals surface area contributed by atoms with Crippen LogP contribution in [0.4, 0.5) is 0 Å². The van der Waals surface area contributed by atoms with Gasteiger partial charge in [0.2, 0.25) is 0 Å². The minimum Gasteiger partial charge on any atom is -0.496 e. The third-order valence-corrected chi connectivity index (χ3v) is 1.87. The first-order valence-electron chi connectivity index (χ1n) is 3.92. The molecule has 0 saturated carbocycles. The van der Waals surface area contributed by atoms with Crippen molar-refractivity contribution in [3.05, 3.63) is 23.3 Å². The molecular weight excluding hydrogens is 164 g/mol. The summed E-state index contributed by atoms with van der Waals surface area (Å²) in [5.74, 6) is 4.04. The van der Waals surface area contributed by atoms with E-state index in [0.717, 1.165) is 11.3 Å². The first-order valence-corrected chi connectivity index (χ1v) is 3.92. The number of aryl methyl sites for hydroxylation is 1. The van der Waals surface area contributed by atoms with Crippen molar-refractivity contribution >= 4 is 0 Å². The molecule has 68 valence electrons. The zero-order valence-corrected chi connectivity index (χ0v) is 8.05. The third kappa shape index (κ3) is 1.75. The molecule has 1 rings (SSSR count). The van der Waals surface area contributed by atoms with E-state index in [1.807, 2.05) is 13.0 Å². The predicted octanol–water partition coefficient (Wildman–Crippen LogP) is 1.99. The van der Waals surface area contributed by atoms with Crippen LogP contribution in [0.25, 0.3) is 0 Å². The van der Waals surface area contributed by atoms with Crippen molar-refractivity contribution in [3.8, 4) is 23.8 Å². The van der Waals surface area contributed by atoms with Gasteiger partial charge in [-0.05, 0) is 24.6 Å². The van der Waals surface area contributed by atoms with Crippen molar-refractivity contribution in [1.82, 2.24) is 0 Å². The van der Waals surface area contributed by atoms with Gasteiger partial charge in [-0.25, -0.2) is 0 Å². The van der Waals surface area contributed by atoms with E-state index in [1.165, 1.54) is 0 Å². The Labute approximate surface area is 78.5 Å². The molecule has 0 aliphatic carbocycles. The van der Waals surface area contributed by atoms with Gasteiger partial charge in [0.25, 0.3) is 0 Å². The predicted molar refractivity (Wildman–Crippen MR) is 52.2 cm³/mol. The van der Waals surface area contributed by atoms with Crippen LogP contribution in [0, 0.1) is 19.3 Å². The molecule has 0 unspecified atom stereocenters. The van der Waals surface area contributed by atoms with Gasteiger partial charge in [0, 0.05) is 0 Å². The van der Waals surface area contributed by atoms with Gasteiger partial charge in [-0.15, -0.1) is 6.42 Å². The minimum atomic E-state index is 0.709. The summed E-state index contributed by atoms with van der Waals surface area (Å²) in [6.45, 7) is 1.95. The summed E-state index contributed by atoms with van der Waals surface area (Å²) in [5, 5.41) is 0. The van der Waals surface area contributed by atoms with E-state index in [2.05, 4.69) is 5.92 Å². The fourth-order valence-corrected chi connectivity index (χ4v) is 1.16. The topological polar surface area (TPSA) is 18.5 Å². The van der Waals surface area contributed by atoms with Crippen LogP contribution in [-0.2, 0) is 0 Å². The lowest BCUT2D eigenvalue weighted by Crippen LogP contribution is -1.92. The van der Waals surface area contributed by atoms with E-state index >= 15 is 0 Å². The maximum absolute atomic E-state index is 5.31. The number of methoxy groups -OCH3 is 2. The second-order valence-corrected chi connectivity index (χ2v) is 2.67. The molecule has 0 saturated heterocycles. The molecule has 1 aromatic carbocycles. The first-order chi connectivity index (χ1) is 6.22.